The highest BCUT2D eigenvalue weighted by molar-refractivity contribution is 5.84. The van der Waals surface area contributed by atoms with Crippen molar-refractivity contribution in [1.29, 1.82) is 0 Å². The molecular weight excluding hydrogens is 198 g/mol. The maximum atomic E-state index is 9.82. The second-order valence-corrected chi connectivity index (χ2v) is 2.51. The van der Waals surface area contributed by atoms with Gasteiger partial charge in [-0.2, -0.15) is 0 Å². The van der Waals surface area contributed by atoms with E-state index in [0.717, 1.165) is 0 Å². The van der Waals surface area contributed by atoms with Crippen LogP contribution in [-0.2, 0) is 14.3 Å². The molecule has 0 spiro atoms. The molecule has 0 unspecified atom stereocenters. The van der Waals surface area contributed by atoms with Gasteiger partial charge in [-0.25, -0.2) is 4.79 Å². The minimum atomic E-state index is -0.935. The number of carbonyl (C=O) groups is 2. The molecule has 0 amide bonds. The molecule has 0 rings (SSSR count). The first-order valence-electron chi connectivity index (χ1n) is 4.44. The van der Waals surface area contributed by atoms with Crippen LogP contribution in [0.3, 0.4) is 0 Å². The number of rotatable bonds is 2. The van der Waals surface area contributed by atoms with Gasteiger partial charge in [0.2, 0.25) is 0 Å². The lowest BCUT2D eigenvalue weighted by molar-refractivity contribution is -0.140. The third-order valence-corrected chi connectivity index (χ3v) is 0.713. The summed E-state index contributed by atoms with van der Waals surface area (Å²) in [7, 11) is 3.75. The van der Waals surface area contributed by atoms with Gasteiger partial charge in [0, 0.05) is 12.5 Å². The second kappa shape index (κ2) is 15.1. The highest BCUT2D eigenvalue weighted by atomic mass is 16.5. The summed E-state index contributed by atoms with van der Waals surface area (Å²) in [4.78, 5) is 19.4. The largest absolute Gasteiger partial charge is 0.478 e. The van der Waals surface area contributed by atoms with Crippen LogP contribution in [0.1, 0.15) is 20.8 Å². The lowest BCUT2D eigenvalue weighted by Gasteiger charge is -1.89. The van der Waals surface area contributed by atoms with Gasteiger partial charge in [0.25, 0.3) is 0 Å². The van der Waals surface area contributed by atoms with Crippen LogP contribution < -0.4 is 5.32 Å². The Labute approximate surface area is 91.1 Å². The Bertz CT molecular complexity index is 178. The van der Waals surface area contributed by atoms with Gasteiger partial charge >= 0.3 is 11.9 Å². The van der Waals surface area contributed by atoms with Gasteiger partial charge < -0.3 is 15.2 Å². The van der Waals surface area contributed by atoms with E-state index in [0.29, 0.717) is 6.61 Å². The van der Waals surface area contributed by atoms with E-state index >= 15 is 0 Å². The number of carboxylic acids is 1. The Kier molecular flexibility index (Phi) is 19.4. The smallest absolute Gasteiger partial charge is 0.330 e. The molecule has 0 bridgehead atoms. The number of esters is 1. The summed E-state index contributed by atoms with van der Waals surface area (Å²) in [6.07, 6.45) is 0. The molecule has 0 aromatic heterocycles. The molecule has 0 radical (unpaired) electrons. The third kappa shape index (κ3) is 45.0. The van der Waals surface area contributed by atoms with Crippen molar-refractivity contribution < 1.29 is 19.4 Å². The van der Waals surface area contributed by atoms with Gasteiger partial charge in [-0.05, 0) is 27.9 Å². The number of ether oxygens (including phenoxy) is 1. The predicted octanol–water partition coefficient (Wildman–Crippen LogP) is 1.05. The van der Waals surface area contributed by atoms with Crippen LogP contribution in [-0.4, -0.2) is 37.7 Å². The Balaban J connectivity index is -0.000000153. The lowest BCUT2D eigenvalue weighted by Crippen LogP contribution is -1.95. The van der Waals surface area contributed by atoms with Crippen molar-refractivity contribution in [2.45, 2.75) is 20.8 Å². The van der Waals surface area contributed by atoms with E-state index in [1.807, 2.05) is 14.1 Å². The molecule has 90 valence electrons. The van der Waals surface area contributed by atoms with Crippen LogP contribution in [0.4, 0.5) is 0 Å². The Morgan fingerprint density at radius 2 is 1.60 bits per heavy atom. The lowest BCUT2D eigenvalue weighted by atomic mass is 10.4. The Morgan fingerprint density at radius 3 is 1.60 bits per heavy atom. The summed E-state index contributed by atoms with van der Waals surface area (Å²) < 4.78 is 4.40. The van der Waals surface area contributed by atoms with Crippen LogP contribution in [0.15, 0.2) is 12.2 Å². The average Bonchev–Trinajstić information content (AvgIpc) is 2.05. The first kappa shape index (κ1) is 19.2. The topological polar surface area (TPSA) is 75.6 Å². The van der Waals surface area contributed by atoms with E-state index in [9.17, 15) is 9.59 Å². The summed E-state index contributed by atoms with van der Waals surface area (Å²) >= 11 is 0. The van der Waals surface area contributed by atoms with E-state index in [4.69, 9.17) is 5.11 Å². The summed E-state index contributed by atoms with van der Waals surface area (Å²) in [5.41, 5.74) is 0.176. The standard InChI is InChI=1S/C4H8O2.C4H6O2.C2H7N/c1-3-6-4(2)5;1-3(2)4(5)6;1-3-2/h3H2,1-2H3;1H2,2H3,(H,5,6);3H,1-2H3. The van der Waals surface area contributed by atoms with Crippen molar-refractivity contribution in [3.63, 3.8) is 0 Å². The van der Waals surface area contributed by atoms with E-state index in [1.165, 1.54) is 13.8 Å². The highest BCUT2D eigenvalue weighted by Gasteiger charge is 1.90. The SMILES string of the molecule is C=C(C)C(=O)O.CCOC(C)=O.CNC. The van der Waals surface area contributed by atoms with Crippen LogP contribution in [0, 0.1) is 0 Å². The molecular formula is C10H21NO4. The van der Waals surface area contributed by atoms with E-state index in [-0.39, 0.29) is 11.5 Å². The first-order chi connectivity index (χ1) is 6.83. The van der Waals surface area contributed by atoms with Crippen molar-refractivity contribution in [3.05, 3.63) is 12.2 Å². The summed E-state index contributed by atoms with van der Waals surface area (Å²) in [5, 5.41) is 10.6. The molecule has 0 aliphatic rings. The molecule has 0 aliphatic carbocycles. The number of hydrogen-bond acceptors (Lipinski definition) is 4. The molecule has 0 aromatic carbocycles. The van der Waals surface area contributed by atoms with Crippen molar-refractivity contribution in [2.24, 2.45) is 0 Å². The maximum Gasteiger partial charge on any atom is 0.330 e. The zero-order valence-electron chi connectivity index (χ0n) is 10.1. The minimum absolute atomic E-state index is 0.176. The van der Waals surface area contributed by atoms with Gasteiger partial charge in [0.05, 0.1) is 6.61 Å². The fourth-order valence-corrected chi connectivity index (χ4v) is 0.203. The van der Waals surface area contributed by atoms with Crippen molar-refractivity contribution in [2.75, 3.05) is 20.7 Å². The molecule has 0 saturated heterocycles. The van der Waals surface area contributed by atoms with Crippen molar-refractivity contribution in [1.82, 2.24) is 5.32 Å². The molecule has 0 atom stereocenters. The quantitative estimate of drug-likeness (QED) is 0.536. The van der Waals surface area contributed by atoms with Gasteiger partial charge in [-0.15, -0.1) is 0 Å². The Morgan fingerprint density at radius 1 is 1.33 bits per heavy atom. The third-order valence-electron chi connectivity index (χ3n) is 0.713. The van der Waals surface area contributed by atoms with Crippen molar-refractivity contribution >= 4 is 11.9 Å². The number of aliphatic carboxylic acids is 1. The number of nitrogens with one attached hydrogen (secondary N) is 1. The molecule has 0 aromatic rings. The molecule has 2 N–H and O–H groups in total. The normalized spacial score (nSPS) is 7.27. The predicted molar refractivity (Wildman–Crippen MR) is 59.7 cm³/mol. The highest BCUT2D eigenvalue weighted by Crippen LogP contribution is 1.81. The second-order valence-electron chi connectivity index (χ2n) is 2.51. The minimum Gasteiger partial charge on any atom is -0.478 e. The van der Waals surface area contributed by atoms with Crippen molar-refractivity contribution in [3.8, 4) is 0 Å². The fourth-order valence-electron chi connectivity index (χ4n) is 0.203. The zero-order valence-corrected chi connectivity index (χ0v) is 10.1. The molecule has 0 saturated carbocycles. The fraction of sp³-hybridized carbons (Fsp3) is 0.600. The van der Waals surface area contributed by atoms with E-state index in [2.05, 4.69) is 16.6 Å². The summed E-state index contributed by atoms with van der Waals surface area (Å²) in [6.45, 7) is 8.25. The van der Waals surface area contributed by atoms with E-state index in [1.54, 1.807) is 6.92 Å². The number of hydrogen-bond donors (Lipinski definition) is 2. The molecule has 0 fully saturated rings. The van der Waals surface area contributed by atoms with Gasteiger partial charge in [-0.1, -0.05) is 6.58 Å². The van der Waals surface area contributed by atoms with Gasteiger partial charge in [0.1, 0.15) is 0 Å². The van der Waals surface area contributed by atoms with E-state index < -0.39 is 5.97 Å². The monoisotopic (exact) mass is 219 g/mol. The van der Waals surface area contributed by atoms with Crippen LogP contribution in [0.25, 0.3) is 0 Å². The average molecular weight is 219 g/mol. The molecule has 5 heteroatoms. The van der Waals surface area contributed by atoms with Crippen LogP contribution >= 0.6 is 0 Å². The van der Waals surface area contributed by atoms with Gasteiger partial charge in [-0.3, -0.25) is 4.79 Å². The molecule has 0 heterocycles. The maximum absolute atomic E-state index is 9.82. The summed E-state index contributed by atoms with van der Waals surface area (Å²) in [5.74, 6) is -1.15. The number of carbonyl (C=O) groups excluding carboxylic acids is 1. The zero-order chi connectivity index (χ0) is 12.9. The first-order valence-corrected chi connectivity index (χ1v) is 4.44. The Hall–Kier alpha value is -1.36. The van der Waals surface area contributed by atoms with Crippen LogP contribution in [0.2, 0.25) is 0 Å². The molecule has 15 heavy (non-hydrogen) atoms. The van der Waals surface area contributed by atoms with Gasteiger partial charge in [0.15, 0.2) is 0 Å². The molecule has 5 nitrogen and oxygen atoms in total. The number of carboxylic acid groups (broad SMARTS) is 1. The molecule has 0 aliphatic heterocycles. The van der Waals surface area contributed by atoms with Crippen LogP contribution in [0.5, 0.6) is 0 Å². The summed E-state index contributed by atoms with van der Waals surface area (Å²) in [6, 6.07) is 0.